The van der Waals surface area contributed by atoms with Gasteiger partial charge in [-0.2, -0.15) is 0 Å². The number of carbonyl (C=O) groups excluding carboxylic acids is 1. The van der Waals surface area contributed by atoms with E-state index >= 15 is 0 Å². The lowest BCUT2D eigenvalue weighted by atomic mass is 10.00. The van der Waals surface area contributed by atoms with Crippen molar-refractivity contribution < 1.29 is 19.0 Å². The highest BCUT2D eigenvalue weighted by atomic mass is 32.2. The molecule has 1 fully saturated rings. The SMILES string of the molecule is CCOC(=O)C(C)(Cc1ccc(OCCN2CCCCC2)cc1)Sc1ccc(OCC)cc1. The van der Waals surface area contributed by atoms with Crippen molar-refractivity contribution in [3.63, 3.8) is 0 Å². The van der Waals surface area contributed by atoms with Gasteiger partial charge in [-0.25, -0.2) is 0 Å². The molecule has 3 rings (SSSR count). The Labute approximate surface area is 202 Å². The number of ether oxygens (including phenoxy) is 3. The second-order valence-corrected chi connectivity index (χ2v) is 10.1. The number of hydrogen-bond acceptors (Lipinski definition) is 6. The highest BCUT2D eigenvalue weighted by Gasteiger charge is 2.36. The first kappa shape index (κ1) is 25.4. The number of benzene rings is 2. The fraction of sp³-hybridized carbons (Fsp3) is 0.519. The van der Waals surface area contributed by atoms with Gasteiger partial charge in [0, 0.05) is 11.4 Å². The van der Waals surface area contributed by atoms with Crippen molar-refractivity contribution in [1.82, 2.24) is 4.90 Å². The molecular weight excluding hydrogens is 434 g/mol. The second kappa shape index (κ2) is 12.9. The van der Waals surface area contributed by atoms with E-state index < -0.39 is 4.75 Å². The first-order valence-corrected chi connectivity index (χ1v) is 12.9. The summed E-state index contributed by atoms with van der Waals surface area (Å²) in [7, 11) is 0. The third-order valence-corrected chi connectivity index (χ3v) is 7.04. The van der Waals surface area contributed by atoms with Crippen LogP contribution in [-0.4, -0.2) is 55.1 Å². The minimum Gasteiger partial charge on any atom is -0.494 e. The fourth-order valence-electron chi connectivity index (χ4n) is 4.03. The van der Waals surface area contributed by atoms with Crippen molar-refractivity contribution >= 4 is 17.7 Å². The molecule has 0 bridgehead atoms. The molecule has 0 amide bonds. The van der Waals surface area contributed by atoms with Crippen LogP contribution < -0.4 is 9.47 Å². The maximum Gasteiger partial charge on any atom is 0.322 e. The van der Waals surface area contributed by atoms with E-state index in [0.717, 1.165) is 28.5 Å². The summed E-state index contributed by atoms with van der Waals surface area (Å²) in [6.07, 6.45) is 4.50. The summed E-state index contributed by atoms with van der Waals surface area (Å²) >= 11 is 1.53. The third kappa shape index (κ3) is 7.97. The van der Waals surface area contributed by atoms with Crippen LogP contribution in [0.15, 0.2) is 53.4 Å². The van der Waals surface area contributed by atoms with Crippen LogP contribution in [0.3, 0.4) is 0 Å². The van der Waals surface area contributed by atoms with Gasteiger partial charge >= 0.3 is 5.97 Å². The molecule has 1 heterocycles. The lowest BCUT2D eigenvalue weighted by Crippen LogP contribution is -2.36. The monoisotopic (exact) mass is 471 g/mol. The van der Waals surface area contributed by atoms with Crippen molar-refractivity contribution in [1.29, 1.82) is 0 Å². The highest BCUT2D eigenvalue weighted by molar-refractivity contribution is 8.01. The molecule has 1 saturated heterocycles. The van der Waals surface area contributed by atoms with E-state index in [1.165, 1.54) is 44.1 Å². The summed E-state index contributed by atoms with van der Waals surface area (Å²) < 4.78 is 16.2. The number of carbonyl (C=O) groups is 1. The number of nitrogens with zero attached hydrogens (tertiary/aromatic N) is 1. The number of likely N-dealkylation sites (tertiary alicyclic amines) is 1. The Bertz CT molecular complexity index is 849. The minimum absolute atomic E-state index is 0.203. The molecule has 0 spiro atoms. The lowest BCUT2D eigenvalue weighted by molar-refractivity contribution is -0.145. The van der Waals surface area contributed by atoms with E-state index in [2.05, 4.69) is 4.90 Å². The number of hydrogen-bond donors (Lipinski definition) is 0. The maximum absolute atomic E-state index is 12.9. The molecule has 0 aromatic heterocycles. The summed E-state index contributed by atoms with van der Waals surface area (Å²) in [4.78, 5) is 16.4. The van der Waals surface area contributed by atoms with Gasteiger partial charge in [0.15, 0.2) is 0 Å². The van der Waals surface area contributed by atoms with Crippen LogP contribution in [0.4, 0.5) is 0 Å². The Kier molecular flexibility index (Phi) is 9.95. The molecule has 0 radical (unpaired) electrons. The Morgan fingerprint density at radius 3 is 2.18 bits per heavy atom. The summed E-state index contributed by atoms with van der Waals surface area (Å²) in [5.41, 5.74) is 1.08. The molecule has 1 aliphatic heterocycles. The number of piperidine rings is 1. The largest absolute Gasteiger partial charge is 0.494 e. The summed E-state index contributed by atoms with van der Waals surface area (Å²) in [5, 5.41) is 0. The standard InChI is InChI=1S/C27H37NO4S/c1-4-30-23-13-15-25(16-14-23)33-27(3,26(29)31-5-2)21-22-9-11-24(12-10-22)32-20-19-28-17-7-6-8-18-28/h9-16H,4-8,17-21H2,1-3H3. The number of esters is 1. The van der Waals surface area contributed by atoms with E-state index in [1.807, 2.05) is 69.3 Å². The van der Waals surface area contributed by atoms with Gasteiger partial charge < -0.3 is 14.2 Å². The van der Waals surface area contributed by atoms with E-state index in [1.54, 1.807) is 0 Å². The van der Waals surface area contributed by atoms with Crippen LogP contribution >= 0.6 is 11.8 Å². The van der Waals surface area contributed by atoms with Crippen LogP contribution in [-0.2, 0) is 16.0 Å². The Hall–Kier alpha value is -2.18. The average Bonchev–Trinajstić information content (AvgIpc) is 2.82. The van der Waals surface area contributed by atoms with Crippen LogP contribution in [0, 0.1) is 0 Å². The summed E-state index contributed by atoms with van der Waals surface area (Å²) in [5.74, 6) is 1.49. The fourth-order valence-corrected chi connectivity index (χ4v) is 5.21. The predicted molar refractivity (Wildman–Crippen MR) is 134 cm³/mol. The predicted octanol–water partition coefficient (Wildman–Crippen LogP) is 5.61. The molecule has 0 saturated carbocycles. The molecule has 180 valence electrons. The van der Waals surface area contributed by atoms with Crippen molar-refractivity contribution in [2.45, 2.75) is 56.1 Å². The van der Waals surface area contributed by atoms with Crippen molar-refractivity contribution in [2.24, 2.45) is 0 Å². The normalized spacial score (nSPS) is 16.1. The van der Waals surface area contributed by atoms with Crippen molar-refractivity contribution in [3.05, 3.63) is 54.1 Å². The Balaban J connectivity index is 1.60. The van der Waals surface area contributed by atoms with Crippen molar-refractivity contribution in [2.75, 3.05) is 39.5 Å². The van der Waals surface area contributed by atoms with E-state index in [9.17, 15) is 4.79 Å². The first-order valence-electron chi connectivity index (χ1n) is 12.1. The van der Waals surface area contributed by atoms with Gasteiger partial charge in [0.1, 0.15) is 22.9 Å². The highest BCUT2D eigenvalue weighted by Crippen LogP contribution is 2.37. The zero-order chi connectivity index (χ0) is 23.5. The van der Waals surface area contributed by atoms with Gasteiger partial charge in [0.25, 0.3) is 0 Å². The van der Waals surface area contributed by atoms with Crippen LogP contribution in [0.2, 0.25) is 0 Å². The van der Waals surface area contributed by atoms with Crippen LogP contribution in [0.1, 0.15) is 45.6 Å². The molecule has 0 aliphatic carbocycles. The topological polar surface area (TPSA) is 48.0 Å². The van der Waals surface area contributed by atoms with Gasteiger partial charge in [-0.15, -0.1) is 11.8 Å². The summed E-state index contributed by atoms with van der Waals surface area (Å²) in [6.45, 7) is 10.8. The first-order chi connectivity index (χ1) is 16.0. The second-order valence-electron chi connectivity index (χ2n) is 8.53. The zero-order valence-electron chi connectivity index (χ0n) is 20.2. The molecule has 5 nitrogen and oxygen atoms in total. The zero-order valence-corrected chi connectivity index (χ0v) is 21.0. The molecule has 1 aliphatic rings. The third-order valence-electron chi connectivity index (χ3n) is 5.77. The van der Waals surface area contributed by atoms with E-state index in [0.29, 0.717) is 26.2 Å². The Morgan fingerprint density at radius 2 is 1.55 bits per heavy atom. The quantitative estimate of drug-likeness (QED) is 0.296. The lowest BCUT2D eigenvalue weighted by Gasteiger charge is -2.27. The molecule has 33 heavy (non-hydrogen) atoms. The molecule has 2 aromatic carbocycles. The van der Waals surface area contributed by atoms with Gasteiger partial charge in [0.2, 0.25) is 0 Å². The van der Waals surface area contributed by atoms with E-state index in [4.69, 9.17) is 14.2 Å². The Morgan fingerprint density at radius 1 is 0.909 bits per heavy atom. The molecule has 0 N–H and O–H groups in total. The smallest absolute Gasteiger partial charge is 0.322 e. The molecule has 2 aromatic rings. The van der Waals surface area contributed by atoms with Gasteiger partial charge in [-0.1, -0.05) is 18.6 Å². The van der Waals surface area contributed by atoms with Crippen LogP contribution in [0.5, 0.6) is 11.5 Å². The number of thioether (sulfide) groups is 1. The average molecular weight is 472 g/mol. The molecular formula is C27H37NO4S. The van der Waals surface area contributed by atoms with Gasteiger partial charge in [-0.05, 0) is 95.1 Å². The molecule has 6 heteroatoms. The van der Waals surface area contributed by atoms with Gasteiger partial charge in [0.05, 0.1) is 13.2 Å². The minimum atomic E-state index is -0.736. The number of rotatable bonds is 12. The van der Waals surface area contributed by atoms with Crippen LogP contribution in [0.25, 0.3) is 0 Å². The maximum atomic E-state index is 12.9. The van der Waals surface area contributed by atoms with Gasteiger partial charge in [-0.3, -0.25) is 9.69 Å². The molecule has 1 unspecified atom stereocenters. The summed E-state index contributed by atoms with van der Waals surface area (Å²) in [6, 6.07) is 16.0. The molecule has 1 atom stereocenters. The van der Waals surface area contributed by atoms with E-state index in [-0.39, 0.29) is 5.97 Å². The van der Waals surface area contributed by atoms with Crippen molar-refractivity contribution in [3.8, 4) is 11.5 Å².